The van der Waals surface area contributed by atoms with E-state index < -0.39 is 0 Å². The molecular weight excluding hydrogens is 390 g/mol. The van der Waals surface area contributed by atoms with Crippen LogP contribution in [-0.4, -0.2) is 67.6 Å². The van der Waals surface area contributed by atoms with Crippen LogP contribution in [0.4, 0.5) is 10.1 Å². The second kappa shape index (κ2) is 10.5. The largest absolute Gasteiger partial charge is 0.367 e. The average molecular weight is 421 g/mol. The molecule has 2 aliphatic rings. The summed E-state index contributed by atoms with van der Waals surface area (Å²) in [6.07, 6.45) is 0.921. The molecule has 2 fully saturated rings. The van der Waals surface area contributed by atoms with Crippen LogP contribution in [0.5, 0.6) is 0 Å². The lowest BCUT2D eigenvalue weighted by atomic mass is 10.1. The van der Waals surface area contributed by atoms with Crippen LogP contribution in [-0.2, 0) is 0 Å². The Morgan fingerprint density at radius 2 is 1.89 bits per heavy atom. The highest BCUT2D eigenvalue weighted by Gasteiger charge is 2.32. The number of rotatable bonds is 4. The van der Waals surface area contributed by atoms with Crippen LogP contribution < -0.4 is 10.6 Å². The van der Waals surface area contributed by atoms with E-state index >= 15 is 0 Å². The van der Waals surface area contributed by atoms with Gasteiger partial charge < -0.3 is 20.4 Å². The van der Waals surface area contributed by atoms with Crippen LogP contribution in [0.2, 0.25) is 0 Å². The molecule has 0 aliphatic carbocycles. The predicted octanol–water partition coefficient (Wildman–Crippen LogP) is 2.62. The SMILES string of the molecule is CCN1CCN(c2ccc(C(=O)N3CC(CN)CC3C)cc2F)CC1.Cl.Cl. The molecule has 0 saturated carbocycles. The third-order valence-electron chi connectivity index (χ3n) is 5.61. The van der Waals surface area contributed by atoms with Gasteiger partial charge in [0.15, 0.2) is 0 Å². The summed E-state index contributed by atoms with van der Waals surface area (Å²) in [5.74, 6) is -0.0549. The number of halogens is 3. The number of nitrogens with zero attached hydrogens (tertiary/aromatic N) is 3. The van der Waals surface area contributed by atoms with Crippen molar-refractivity contribution in [3.05, 3.63) is 29.6 Å². The van der Waals surface area contributed by atoms with Crippen LogP contribution in [0, 0.1) is 11.7 Å². The molecule has 3 rings (SSSR count). The monoisotopic (exact) mass is 420 g/mol. The third kappa shape index (κ3) is 5.25. The van der Waals surface area contributed by atoms with E-state index in [1.807, 2.05) is 11.8 Å². The van der Waals surface area contributed by atoms with E-state index in [-0.39, 0.29) is 42.6 Å². The van der Waals surface area contributed by atoms with Crippen LogP contribution in [0.25, 0.3) is 0 Å². The van der Waals surface area contributed by atoms with Gasteiger partial charge in [-0.15, -0.1) is 24.8 Å². The van der Waals surface area contributed by atoms with E-state index in [0.29, 0.717) is 30.3 Å². The number of nitrogens with two attached hydrogens (primary N) is 1. The minimum Gasteiger partial charge on any atom is -0.367 e. The number of likely N-dealkylation sites (N-methyl/N-ethyl adjacent to an activating group) is 1. The Kier molecular flexibility index (Phi) is 9.28. The Balaban J connectivity index is 0.00000182. The van der Waals surface area contributed by atoms with Crippen molar-refractivity contribution >= 4 is 36.4 Å². The zero-order valence-corrected chi connectivity index (χ0v) is 17.7. The first-order chi connectivity index (χ1) is 12.0. The summed E-state index contributed by atoms with van der Waals surface area (Å²) in [5.41, 5.74) is 6.76. The first-order valence-corrected chi connectivity index (χ1v) is 9.31. The maximum absolute atomic E-state index is 14.7. The summed E-state index contributed by atoms with van der Waals surface area (Å²) in [5, 5.41) is 0. The van der Waals surface area contributed by atoms with E-state index in [9.17, 15) is 9.18 Å². The molecule has 0 radical (unpaired) electrons. The van der Waals surface area contributed by atoms with Crippen molar-refractivity contribution in [2.45, 2.75) is 26.3 Å². The summed E-state index contributed by atoms with van der Waals surface area (Å²) in [4.78, 5) is 19.0. The molecule has 0 aromatic heterocycles. The normalized spacial score (nSPS) is 23.0. The molecule has 0 bridgehead atoms. The molecule has 1 amide bonds. The Morgan fingerprint density at radius 1 is 1.22 bits per heavy atom. The lowest BCUT2D eigenvalue weighted by Gasteiger charge is -2.35. The summed E-state index contributed by atoms with van der Waals surface area (Å²) in [7, 11) is 0. The number of carbonyl (C=O) groups excluding carboxylic acids is 1. The standard InChI is InChI=1S/C19H29FN4O.2ClH/c1-3-22-6-8-23(9-7-22)18-5-4-16(11-17(18)20)19(25)24-13-15(12-21)10-14(24)2;;/h4-5,11,14-15H,3,6-10,12-13,21H2,1-2H3;2*1H. The molecular formula is C19H31Cl2FN4O. The first-order valence-electron chi connectivity index (χ1n) is 9.31. The molecule has 2 saturated heterocycles. The van der Waals surface area contributed by atoms with Gasteiger partial charge in [0.2, 0.25) is 0 Å². The van der Waals surface area contributed by atoms with Crippen molar-refractivity contribution in [3.63, 3.8) is 0 Å². The number of likely N-dealkylation sites (tertiary alicyclic amines) is 1. The van der Waals surface area contributed by atoms with Gasteiger partial charge in [-0.1, -0.05) is 6.92 Å². The number of benzene rings is 1. The molecule has 1 aromatic rings. The average Bonchev–Trinajstić information content (AvgIpc) is 3.02. The van der Waals surface area contributed by atoms with Gasteiger partial charge in [-0.05, 0) is 50.6 Å². The van der Waals surface area contributed by atoms with E-state index in [4.69, 9.17) is 5.73 Å². The maximum Gasteiger partial charge on any atom is 0.254 e. The zero-order valence-electron chi connectivity index (χ0n) is 16.1. The fourth-order valence-electron chi connectivity index (χ4n) is 3.96. The quantitative estimate of drug-likeness (QED) is 0.812. The molecule has 2 unspecified atom stereocenters. The third-order valence-corrected chi connectivity index (χ3v) is 5.61. The number of hydrogen-bond acceptors (Lipinski definition) is 4. The second-order valence-electron chi connectivity index (χ2n) is 7.23. The van der Waals surface area contributed by atoms with E-state index in [1.165, 1.54) is 6.07 Å². The van der Waals surface area contributed by atoms with Crippen molar-refractivity contribution in [1.29, 1.82) is 0 Å². The maximum atomic E-state index is 14.7. The number of piperazine rings is 1. The molecule has 154 valence electrons. The Hall–Kier alpha value is -1.08. The minimum absolute atomic E-state index is 0. The Labute approximate surface area is 173 Å². The van der Waals surface area contributed by atoms with Crippen LogP contribution in [0.3, 0.4) is 0 Å². The number of anilines is 1. The van der Waals surface area contributed by atoms with Crippen LogP contribution in [0.15, 0.2) is 18.2 Å². The van der Waals surface area contributed by atoms with Gasteiger partial charge in [0.1, 0.15) is 5.82 Å². The first kappa shape index (κ1) is 24.0. The Bertz CT molecular complexity index is 626. The highest BCUT2D eigenvalue weighted by atomic mass is 35.5. The van der Waals surface area contributed by atoms with Gasteiger partial charge in [0.25, 0.3) is 5.91 Å². The lowest BCUT2D eigenvalue weighted by Crippen LogP contribution is -2.46. The van der Waals surface area contributed by atoms with Crippen molar-refractivity contribution in [2.75, 3.05) is 50.7 Å². The fourth-order valence-corrected chi connectivity index (χ4v) is 3.96. The van der Waals surface area contributed by atoms with Gasteiger partial charge in [-0.2, -0.15) is 0 Å². The topological polar surface area (TPSA) is 52.8 Å². The van der Waals surface area contributed by atoms with Gasteiger partial charge >= 0.3 is 0 Å². The van der Waals surface area contributed by atoms with Crippen molar-refractivity contribution in [1.82, 2.24) is 9.80 Å². The summed E-state index contributed by atoms with van der Waals surface area (Å²) < 4.78 is 14.7. The highest BCUT2D eigenvalue weighted by Crippen LogP contribution is 2.27. The molecule has 8 heteroatoms. The number of hydrogen-bond donors (Lipinski definition) is 1. The molecule has 2 aliphatic heterocycles. The van der Waals surface area contributed by atoms with Crippen molar-refractivity contribution < 1.29 is 9.18 Å². The van der Waals surface area contributed by atoms with Crippen molar-refractivity contribution in [3.8, 4) is 0 Å². The van der Waals surface area contributed by atoms with E-state index in [1.54, 1.807) is 12.1 Å². The lowest BCUT2D eigenvalue weighted by molar-refractivity contribution is 0.0743. The molecule has 1 aromatic carbocycles. The van der Waals surface area contributed by atoms with Crippen LogP contribution in [0.1, 0.15) is 30.6 Å². The molecule has 2 N–H and O–H groups in total. The Morgan fingerprint density at radius 3 is 2.41 bits per heavy atom. The van der Waals surface area contributed by atoms with Crippen LogP contribution >= 0.6 is 24.8 Å². The van der Waals surface area contributed by atoms with Gasteiger partial charge in [0.05, 0.1) is 5.69 Å². The zero-order chi connectivity index (χ0) is 18.0. The molecule has 2 atom stereocenters. The summed E-state index contributed by atoms with van der Waals surface area (Å²) >= 11 is 0. The molecule has 2 heterocycles. The summed E-state index contributed by atoms with van der Waals surface area (Å²) in [6, 6.07) is 5.07. The molecule has 0 spiro atoms. The highest BCUT2D eigenvalue weighted by molar-refractivity contribution is 5.95. The number of carbonyl (C=O) groups is 1. The smallest absolute Gasteiger partial charge is 0.254 e. The van der Waals surface area contributed by atoms with E-state index in [2.05, 4.69) is 16.7 Å². The fraction of sp³-hybridized carbons (Fsp3) is 0.632. The predicted molar refractivity (Wildman–Crippen MR) is 113 cm³/mol. The minimum atomic E-state index is -0.307. The summed E-state index contributed by atoms with van der Waals surface area (Å²) in [6.45, 7) is 9.99. The van der Waals surface area contributed by atoms with E-state index in [0.717, 1.165) is 39.1 Å². The van der Waals surface area contributed by atoms with Gasteiger partial charge in [-0.25, -0.2) is 4.39 Å². The number of amides is 1. The molecule has 27 heavy (non-hydrogen) atoms. The second-order valence-corrected chi connectivity index (χ2v) is 7.23. The van der Waals surface area contributed by atoms with Gasteiger partial charge in [-0.3, -0.25) is 4.79 Å². The van der Waals surface area contributed by atoms with Gasteiger partial charge in [0, 0.05) is 44.3 Å². The molecule has 5 nitrogen and oxygen atoms in total. The van der Waals surface area contributed by atoms with Crippen molar-refractivity contribution in [2.24, 2.45) is 11.7 Å².